The van der Waals surface area contributed by atoms with Gasteiger partial charge >= 0.3 is 0 Å². The number of hydrogen-bond donors (Lipinski definition) is 3. The number of guanidine groups is 1. The van der Waals surface area contributed by atoms with Crippen LogP contribution >= 0.6 is 0 Å². The molecular weight excluding hydrogens is 468 g/mol. The molecule has 0 bridgehead atoms. The maximum Gasteiger partial charge on any atom is 0.294 e. The molecule has 33 heavy (non-hydrogen) atoms. The van der Waals surface area contributed by atoms with Crippen molar-refractivity contribution >= 4 is 37.5 Å². The van der Waals surface area contributed by atoms with E-state index in [2.05, 4.69) is 4.99 Å². The fraction of sp³-hybridized carbons (Fsp3) is 0.333. The summed E-state index contributed by atoms with van der Waals surface area (Å²) >= 11 is 0. The summed E-state index contributed by atoms with van der Waals surface area (Å²) in [7, 11) is -7.49. The van der Waals surface area contributed by atoms with Crippen molar-refractivity contribution in [1.29, 1.82) is 0 Å². The first-order valence-electron chi connectivity index (χ1n) is 10.1. The average Bonchev–Trinajstić information content (AvgIpc) is 2.73. The lowest BCUT2D eigenvalue weighted by molar-refractivity contribution is 0.100. The third-order valence-electron chi connectivity index (χ3n) is 4.85. The van der Waals surface area contributed by atoms with Crippen LogP contribution in [0.4, 0.5) is 5.69 Å². The number of carbonyl (C=O) groups is 1. The number of benzene rings is 2. The summed E-state index contributed by atoms with van der Waals surface area (Å²) in [5.41, 5.74) is 12.1. The van der Waals surface area contributed by atoms with Gasteiger partial charge in [-0.1, -0.05) is 17.7 Å². The number of anilines is 1. The Labute approximate surface area is 194 Å². The molecule has 0 atom stereocenters. The fourth-order valence-electron chi connectivity index (χ4n) is 3.23. The summed E-state index contributed by atoms with van der Waals surface area (Å²) in [6, 6.07) is 10.5. The van der Waals surface area contributed by atoms with Crippen molar-refractivity contribution in [3.63, 3.8) is 0 Å². The van der Waals surface area contributed by atoms with Crippen LogP contribution in [0.1, 0.15) is 35.2 Å². The number of aliphatic imine (C=N–C) groups is 1. The Morgan fingerprint density at radius 1 is 0.970 bits per heavy atom. The molecule has 0 unspecified atom stereocenters. The van der Waals surface area contributed by atoms with Crippen molar-refractivity contribution in [3.05, 3.63) is 53.6 Å². The zero-order chi connectivity index (χ0) is 24.8. The molecular formula is C21H28N4O6S2. The van der Waals surface area contributed by atoms with Gasteiger partial charge in [-0.3, -0.25) is 9.35 Å². The van der Waals surface area contributed by atoms with Gasteiger partial charge in [0.25, 0.3) is 16.0 Å². The second-order valence-corrected chi connectivity index (χ2v) is 11.0. The van der Waals surface area contributed by atoms with Gasteiger partial charge in [0.1, 0.15) is 0 Å². The Kier molecular flexibility index (Phi) is 8.58. The minimum atomic E-state index is -4.02. The first-order valence-corrected chi connectivity index (χ1v) is 13.4. The first-order chi connectivity index (χ1) is 15.3. The standard InChI is InChI=1S/C14H20N4O3S.C7H8O3S/c1-22(20,21)12-9-10(13(19)17-14(15)16)5-6-11(12)18-7-3-2-4-8-18;1-6-2-4-7(5-3-6)11(8,9)10/h5-6,9H,2-4,7-8H2,1H3,(H4,15,16,17,19);2-5H,1H3,(H,8,9,10). The van der Waals surface area contributed by atoms with Crippen LogP contribution in [0.2, 0.25) is 0 Å². The molecule has 0 saturated carbocycles. The van der Waals surface area contributed by atoms with Gasteiger partial charge in [-0.15, -0.1) is 0 Å². The molecule has 1 heterocycles. The lowest BCUT2D eigenvalue weighted by Crippen LogP contribution is -2.30. The van der Waals surface area contributed by atoms with Gasteiger partial charge < -0.3 is 16.4 Å². The molecule has 1 aliphatic heterocycles. The highest BCUT2D eigenvalue weighted by molar-refractivity contribution is 7.90. The molecule has 0 spiro atoms. The van der Waals surface area contributed by atoms with Crippen LogP contribution in [0.3, 0.4) is 0 Å². The molecule has 1 aliphatic rings. The van der Waals surface area contributed by atoms with Crippen LogP contribution in [0.15, 0.2) is 57.2 Å². The van der Waals surface area contributed by atoms with Crippen molar-refractivity contribution in [2.24, 2.45) is 16.5 Å². The molecule has 5 N–H and O–H groups in total. The topological polar surface area (TPSA) is 173 Å². The number of hydrogen-bond acceptors (Lipinski definition) is 6. The largest absolute Gasteiger partial charge is 0.370 e. The summed E-state index contributed by atoms with van der Waals surface area (Å²) in [5, 5.41) is 0. The molecule has 2 aromatic carbocycles. The Balaban J connectivity index is 0.000000294. The lowest BCUT2D eigenvalue weighted by Gasteiger charge is -2.30. The zero-order valence-corrected chi connectivity index (χ0v) is 20.1. The quantitative estimate of drug-likeness (QED) is 0.323. The van der Waals surface area contributed by atoms with E-state index in [4.69, 9.17) is 16.0 Å². The molecule has 1 amide bonds. The monoisotopic (exact) mass is 496 g/mol. The van der Waals surface area contributed by atoms with Crippen molar-refractivity contribution in [2.45, 2.75) is 36.0 Å². The molecule has 0 radical (unpaired) electrons. The third kappa shape index (κ3) is 7.84. The molecule has 0 aliphatic carbocycles. The minimum Gasteiger partial charge on any atom is -0.370 e. The van der Waals surface area contributed by atoms with E-state index in [1.165, 1.54) is 18.2 Å². The fourth-order valence-corrected chi connectivity index (χ4v) is 4.63. The van der Waals surface area contributed by atoms with E-state index in [0.29, 0.717) is 5.69 Å². The van der Waals surface area contributed by atoms with Crippen molar-refractivity contribution in [1.82, 2.24) is 0 Å². The van der Waals surface area contributed by atoms with Gasteiger partial charge in [0, 0.05) is 24.9 Å². The maximum absolute atomic E-state index is 12.1. The van der Waals surface area contributed by atoms with Crippen LogP contribution in [0.25, 0.3) is 0 Å². The SMILES string of the molecule is CS(=O)(=O)c1cc(C(=O)N=C(N)N)ccc1N1CCCCC1.Cc1ccc(S(=O)(=O)O)cc1. The number of nitrogens with zero attached hydrogens (tertiary/aromatic N) is 2. The number of amides is 1. The van der Waals surface area contributed by atoms with Crippen LogP contribution in [0, 0.1) is 6.92 Å². The van der Waals surface area contributed by atoms with Crippen molar-refractivity contribution < 1.29 is 26.2 Å². The predicted octanol–water partition coefficient (Wildman–Crippen LogP) is 1.74. The number of nitrogens with two attached hydrogens (primary N) is 2. The number of piperidine rings is 1. The van der Waals surface area contributed by atoms with Gasteiger partial charge in [0.05, 0.1) is 15.5 Å². The van der Waals surface area contributed by atoms with Gasteiger partial charge in [-0.05, 0) is 56.5 Å². The molecule has 10 nitrogen and oxygen atoms in total. The Bertz CT molecular complexity index is 1230. The number of carbonyl (C=O) groups excluding carboxylic acids is 1. The van der Waals surface area contributed by atoms with E-state index in [1.807, 2.05) is 11.8 Å². The summed E-state index contributed by atoms with van der Waals surface area (Å²) in [5.74, 6) is -1.01. The van der Waals surface area contributed by atoms with E-state index in [9.17, 15) is 21.6 Å². The van der Waals surface area contributed by atoms with Crippen LogP contribution in [0.5, 0.6) is 0 Å². The lowest BCUT2D eigenvalue weighted by atomic mass is 10.1. The third-order valence-corrected chi connectivity index (χ3v) is 6.85. The molecule has 180 valence electrons. The van der Waals surface area contributed by atoms with E-state index in [-0.39, 0.29) is 21.3 Å². The second-order valence-electron chi connectivity index (χ2n) is 7.63. The van der Waals surface area contributed by atoms with Crippen LogP contribution < -0.4 is 16.4 Å². The highest BCUT2D eigenvalue weighted by Crippen LogP contribution is 2.29. The van der Waals surface area contributed by atoms with E-state index in [1.54, 1.807) is 24.3 Å². The summed E-state index contributed by atoms with van der Waals surface area (Å²) in [6.45, 7) is 3.46. The predicted molar refractivity (Wildman–Crippen MR) is 127 cm³/mol. The van der Waals surface area contributed by atoms with E-state index < -0.39 is 25.9 Å². The van der Waals surface area contributed by atoms with Crippen LogP contribution in [-0.2, 0) is 20.0 Å². The minimum absolute atomic E-state index is 0.0666. The number of rotatable bonds is 4. The molecule has 1 fully saturated rings. The van der Waals surface area contributed by atoms with Gasteiger partial charge in [0.2, 0.25) is 0 Å². The zero-order valence-electron chi connectivity index (χ0n) is 18.4. The Morgan fingerprint density at radius 3 is 2.03 bits per heavy atom. The molecule has 12 heteroatoms. The van der Waals surface area contributed by atoms with E-state index in [0.717, 1.165) is 44.2 Å². The van der Waals surface area contributed by atoms with Crippen LogP contribution in [-0.4, -0.2) is 52.6 Å². The Morgan fingerprint density at radius 2 is 1.55 bits per heavy atom. The highest BCUT2D eigenvalue weighted by atomic mass is 32.2. The second kappa shape index (κ2) is 10.8. The normalized spacial score (nSPS) is 14.1. The van der Waals surface area contributed by atoms with E-state index >= 15 is 0 Å². The molecule has 1 saturated heterocycles. The Hall–Kier alpha value is -2.96. The summed E-state index contributed by atoms with van der Waals surface area (Å²) in [6.07, 6.45) is 4.33. The average molecular weight is 497 g/mol. The molecule has 3 rings (SSSR count). The molecule has 0 aromatic heterocycles. The van der Waals surface area contributed by atoms with Gasteiger partial charge in [-0.25, -0.2) is 8.42 Å². The number of aryl methyl sites for hydroxylation is 1. The smallest absolute Gasteiger partial charge is 0.294 e. The summed E-state index contributed by atoms with van der Waals surface area (Å²) < 4.78 is 53.7. The first kappa shape index (κ1) is 26.3. The van der Waals surface area contributed by atoms with Gasteiger partial charge in [0.15, 0.2) is 15.8 Å². The molecule has 2 aromatic rings. The highest BCUT2D eigenvalue weighted by Gasteiger charge is 2.22. The number of sulfone groups is 1. The maximum atomic E-state index is 12.1. The van der Waals surface area contributed by atoms with Gasteiger partial charge in [-0.2, -0.15) is 13.4 Å². The van der Waals surface area contributed by atoms with Crippen molar-refractivity contribution in [3.8, 4) is 0 Å². The summed E-state index contributed by atoms with van der Waals surface area (Å²) in [4.78, 5) is 17.4. The van der Waals surface area contributed by atoms with Crippen molar-refractivity contribution in [2.75, 3.05) is 24.2 Å².